The average molecular weight is 268 g/mol. The normalized spacial score (nSPS) is 36.3. The van der Waals surface area contributed by atoms with Crippen LogP contribution in [0.1, 0.15) is 52.4 Å². The number of rotatable bonds is 4. The molecule has 2 aliphatic rings. The lowest BCUT2D eigenvalue weighted by Crippen LogP contribution is -2.50. The van der Waals surface area contributed by atoms with Crippen molar-refractivity contribution in [1.82, 2.24) is 4.90 Å². The molecule has 3 heteroatoms. The molecule has 0 spiro atoms. The van der Waals surface area contributed by atoms with Gasteiger partial charge in [0.2, 0.25) is 0 Å². The third kappa shape index (κ3) is 3.71. The quantitative estimate of drug-likeness (QED) is 0.822. The average Bonchev–Trinajstić information content (AvgIpc) is 2.46. The van der Waals surface area contributed by atoms with Crippen LogP contribution in [0.4, 0.5) is 0 Å². The van der Waals surface area contributed by atoms with Crippen molar-refractivity contribution < 1.29 is 5.11 Å². The molecule has 19 heavy (non-hydrogen) atoms. The number of likely N-dealkylation sites (tertiary alicyclic amines) is 1. The topological polar surface area (TPSA) is 49.5 Å². The molecule has 0 radical (unpaired) electrons. The summed E-state index contributed by atoms with van der Waals surface area (Å²) in [6.45, 7) is 7.43. The molecule has 2 rings (SSSR count). The number of nitrogens with zero attached hydrogens (tertiary/aromatic N) is 1. The van der Waals surface area contributed by atoms with E-state index in [0.717, 1.165) is 38.4 Å². The van der Waals surface area contributed by atoms with Gasteiger partial charge in [-0.15, -0.1) is 0 Å². The van der Waals surface area contributed by atoms with Crippen molar-refractivity contribution >= 4 is 0 Å². The number of piperidine rings is 1. The van der Waals surface area contributed by atoms with E-state index in [1.807, 2.05) is 6.92 Å². The fourth-order valence-corrected chi connectivity index (χ4v) is 4.12. The number of hydrogen-bond acceptors (Lipinski definition) is 3. The van der Waals surface area contributed by atoms with E-state index in [2.05, 4.69) is 11.8 Å². The molecule has 1 aliphatic heterocycles. The maximum atomic E-state index is 9.71. The van der Waals surface area contributed by atoms with E-state index >= 15 is 0 Å². The molecule has 4 atom stereocenters. The van der Waals surface area contributed by atoms with Crippen LogP contribution in [-0.2, 0) is 0 Å². The van der Waals surface area contributed by atoms with Crippen molar-refractivity contribution in [2.24, 2.45) is 23.5 Å². The Bertz CT molecular complexity index is 261. The van der Waals surface area contributed by atoms with Crippen LogP contribution in [-0.4, -0.2) is 41.8 Å². The molecule has 3 N–H and O–H groups in total. The molecule has 0 aromatic rings. The van der Waals surface area contributed by atoms with Crippen molar-refractivity contribution in [3.63, 3.8) is 0 Å². The molecule has 1 saturated heterocycles. The maximum Gasteiger partial charge on any atom is 0.0541 e. The summed E-state index contributed by atoms with van der Waals surface area (Å²) in [5.41, 5.74) is 6.00. The van der Waals surface area contributed by atoms with E-state index in [-0.39, 0.29) is 6.10 Å². The molecular formula is C16H32N2O. The van der Waals surface area contributed by atoms with Gasteiger partial charge in [-0.2, -0.15) is 0 Å². The van der Waals surface area contributed by atoms with Gasteiger partial charge in [0.15, 0.2) is 0 Å². The minimum Gasteiger partial charge on any atom is -0.393 e. The Morgan fingerprint density at radius 2 is 1.89 bits per heavy atom. The van der Waals surface area contributed by atoms with Crippen molar-refractivity contribution in [2.75, 3.05) is 19.6 Å². The summed E-state index contributed by atoms with van der Waals surface area (Å²) in [5, 5.41) is 9.71. The van der Waals surface area contributed by atoms with Crippen molar-refractivity contribution in [3.05, 3.63) is 0 Å². The standard InChI is InChI=1S/C16H32N2O/c1-3-13-4-5-15(11-17)16(10-13)18-8-6-14(7-9-18)12(2)19/h12-16,19H,3-11,17H2,1-2H3. The first-order valence-electron chi connectivity index (χ1n) is 8.27. The van der Waals surface area contributed by atoms with Crippen molar-refractivity contribution in [1.29, 1.82) is 0 Å². The molecule has 4 unspecified atom stereocenters. The minimum absolute atomic E-state index is 0.137. The second kappa shape index (κ2) is 7.05. The van der Waals surface area contributed by atoms with Crippen LogP contribution in [0.5, 0.6) is 0 Å². The number of aliphatic hydroxyl groups is 1. The van der Waals surface area contributed by atoms with E-state index in [9.17, 15) is 5.11 Å². The fraction of sp³-hybridized carbons (Fsp3) is 1.00. The Morgan fingerprint density at radius 3 is 2.42 bits per heavy atom. The molecule has 1 aliphatic carbocycles. The van der Waals surface area contributed by atoms with Gasteiger partial charge in [0.25, 0.3) is 0 Å². The van der Waals surface area contributed by atoms with Gasteiger partial charge in [-0.1, -0.05) is 19.8 Å². The third-order valence-electron chi connectivity index (χ3n) is 5.67. The second-order valence-corrected chi connectivity index (χ2v) is 6.76. The van der Waals surface area contributed by atoms with Gasteiger partial charge in [-0.3, -0.25) is 0 Å². The molecule has 112 valence electrons. The van der Waals surface area contributed by atoms with Gasteiger partial charge in [0.05, 0.1) is 6.10 Å². The molecule has 0 amide bonds. The molecule has 0 aromatic carbocycles. The summed E-state index contributed by atoms with van der Waals surface area (Å²) in [4.78, 5) is 2.68. The highest BCUT2D eigenvalue weighted by Gasteiger charge is 2.35. The van der Waals surface area contributed by atoms with Crippen molar-refractivity contribution in [2.45, 2.75) is 64.5 Å². The molecule has 0 aromatic heterocycles. The molecule has 0 bridgehead atoms. The molecule has 1 saturated carbocycles. The maximum absolute atomic E-state index is 9.71. The minimum atomic E-state index is -0.137. The Hall–Kier alpha value is -0.120. The van der Waals surface area contributed by atoms with Gasteiger partial charge in [0.1, 0.15) is 0 Å². The lowest BCUT2D eigenvalue weighted by Gasteiger charge is -2.45. The van der Waals surface area contributed by atoms with E-state index in [1.165, 1.54) is 25.7 Å². The Kier molecular flexibility index (Phi) is 5.67. The van der Waals surface area contributed by atoms with Gasteiger partial charge >= 0.3 is 0 Å². The lowest BCUT2D eigenvalue weighted by atomic mass is 9.75. The SMILES string of the molecule is CCC1CCC(CN)C(N2CCC(C(C)O)CC2)C1. The Labute approximate surface area is 118 Å². The summed E-state index contributed by atoms with van der Waals surface area (Å²) in [7, 11) is 0. The lowest BCUT2D eigenvalue weighted by molar-refractivity contribution is 0.0214. The second-order valence-electron chi connectivity index (χ2n) is 6.76. The summed E-state index contributed by atoms with van der Waals surface area (Å²) in [6, 6.07) is 0.707. The summed E-state index contributed by atoms with van der Waals surface area (Å²) >= 11 is 0. The third-order valence-corrected chi connectivity index (χ3v) is 5.67. The largest absolute Gasteiger partial charge is 0.393 e. The highest BCUT2D eigenvalue weighted by atomic mass is 16.3. The summed E-state index contributed by atoms with van der Waals surface area (Å²) in [6.07, 6.45) is 7.53. The van der Waals surface area contributed by atoms with Crippen LogP contribution in [0.3, 0.4) is 0 Å². The smallest absolute Gasteiger partial charge is 0.0541 e. The highest BCUT2D eigenvalue weighted by Crippen LogP contribution is 2.35. The van der Waals surface area contributed by atoms with E-state index < -0.39 is 0 Å². The predicted molar refractivity (Wildman–Crippen MR) is 79.9 cm³/mol. The molecule has 3 nitrogen and oxygen atoms in total. The number of aliphatic hydroxyl groups excluding tert-OH is 1. The van der Waals surface area contributed by atoms with E-state index in [4.69, 9.17) is 5.73 Å². The zero-order valence-electron chi connectivity index (χ0n) is 12.7. The number of nitrogens with two attached hydrogens (primary N) is 1. The molecular weight excluding hydrogens is 236 g/mol. The predicted octanol–water partition coefficient (Wildman–Crippen LogP) is 2.23. The monoisotopic (exact) mass is 268 g/mol. The van der Waals surface area contributed by atoms with E-state index in [0.29, 0.717) is 17.9 Å². The first kappa shape index (κ1) is 15.3. The zero-order valence-corrected chi connectivity index (χ0v) is 12.7. The Balaban J connectivity index is 1.91. The molecule has 2 fully saturated rings. The first-order valence-corrected chi connectivity index (χ1v) is 8.27. The van der Waals surface area contributed by atoms with Gasteiger partial charge in [-0.25, -0.2) is 0 Å². The summed E-state index contributed by atoms with van der Waals surface area (Å²) < 4.78 is 0. The van der Waals surface area contributed by atoms with Gasteiger partial charge < -0.3 is 15.7 Å². The first-order chi connectivity index (χ1) is 9.15. The van der Waals surface area contributed by atoms with Crippen LogP contribution in [0.25, 0.3) is 0 Å². The van der Waals surface area contributed by atoms with Crippen LogP contribution in [0.2, 0.25) is 0 Å². The van der Waals surface area contributed by atoms with E-state index in [1.54, 1.807) is 0 Å². The zero-order chi connectivity index (χ0) is 13.8. The Morgan fingerprint density at radius 1 is 1.21 bits per heavy atom. The highest BCUT2D eigenvalue weighted by molar-refractivity contribution is 4.89. The summed E-state index contributed by atoms with van der Waals surface area (Å²) in [5.74, 6) is 2.12. The van der Waals surface area contributed by atoms with Crippen LogP contribution in [0.15, 0.2) is 0 Å². The van der Waals surface area contributed by atoms with Crippen molar-refractivity contribution in [3.8, 4) is 0 Å². The fourth-order valence-electron chi connectivity index (χ4n) is 4.12. The van der Waals surface area contributed by atoms with Crippen LogP contribution >= 0.6 is 0 Å². The number of hydrogen-bond donors (Lipinski definition) is 2. The van der Waals surface area contributed by atoms with Gasteiger partial charge in [0, 0.05) is 6.04 Å². The van der Waals surface area contributed by atoms with Crippen LogP contribution in [0, 0.1) is 17.8 Å². The van der Waals surface area contributed by atoms with Crippen LogP contribution < -0.4 is 5.73 Å². The van der Waals surface area contributed by atoms with Gasteiger partial charge in [-0.05, 0) is 70.0 Å². The molecule has 1 heterocycles.